The van der Waals surface area contributed by atoms with Crippen molar-refractivity contribution in [2.45, 2.75) is 32.0 Å². The Bertz CT molecular complexity index is 1340. The Balaban J connectivity index is 1.23. The van der Waals surface area contributed by atoms with Crippen molar-refractivity contribution in [2.24, 2.45) is 5.92 Å². The fourth-order valence-corrected chi connectivity index (χ4v) is 6.23. The summed E-state index contributed by atoms with van der Waals surface area (Å²) in [5.41, 5.74) is 2.44. The lowest BCUT2D eigenvalue weighted by Crippen LogP contribution is -2.45. The second-order valence-corrected chi connectivity index (χ2v) is 10.9. The first kappa shape index (κ1) is 27.2. The van der Waals surface area contributed by atoms with Crippen LogP contribution in [0, 0.1) is 5.92 Å². The zero-order valence-corrected chi connectivity index (χ0v) is 22.3. The van der Waals surface area contributed by atoms with Gasteiger partial charge in [-0.05, 0) is 61.2 Å². The number of carbonyl (C=O) groups excluding carboxylic acids is 2. The van der Waals surface area contributed by atoms with Crippen LogP contribution in [0.25, 0.3) is 11.1 Å². The number of halogens is 3. The van der Waals surface area contributed by atoms with Crippen LogP contribution in [0.3, 0.4) is 0 Å². The molecule has 1 aromatic heterocycles. The third-order valence-corrected chi connectivity index (χ3v) is 8.31. The number of ether oxygens (including phenoxy) is 2. The van der Waals surface area contributed by atoms with Crippen LogP contribution in [0.2, 0.25) is 0 Å². The normalized spacial score (nSPS) is 17.6. The molecular formula is C29H29F3N2O4S. The highest BCUT2D eigenvalue weighted by Gasteiger charge is 2.36. The molecule has 1 atom stereocenters. The van der Waals surface area contributed by atoms with Crippen molar-refractivity contribution in [1.29, 1.82) is 0 Å². The van der Waals surface area contributed by atoms with Crippen LogP contribution in [0.5, 0.6) is 5.75 Å². The van der Waals surface area contributed by atoms with E-state index in [0.717, 1.165) is 30.6 Å². The Labute approximate surface area is 228 Å². The van der Waals surface area contributed by atoms with Crippen LogP contribution < -0.4 is 9.64 Å². The van der Waals surface area contributed by atoms with E-state index in [-0.39, 0.29) is 36.5 Å². The number of alkyl halides is 3. The number of thiophene rings is 1. The number of fused-ring (bicyclic) bond motifs is 1. The zero-order valence-electron chi connectivity index (χ0n) is 21.5. The molecular weight excluding hydrogens is 529 g/mol. The summed E-state index contributed by atoms with van der Waals surface area (Å²) < 4.78 is 51.8. The lowest BCUT2D eigenvalue weighted by molar-refractivity contribution is -0.147. The number of benzene rings is 2. The van der Waals surface area contributed by atoms with Gasteiger partial charge in [-0.15, -0.1) is 11.3 Å². The summed E-state index contributed by atoms with van der Waals surface area (Å²) in [5, 5.41) is 0. The van der Waals surface area contributed by atoms with Crippen molar-refractivity contribution < 1.29 is 32.2 Å². The number of amides is 1. The molecule has 0 spiro atoms. The number of carbonyl (C=O) groups is 2. The van der Waals surface area contributed by atoms with Gasteiger partial charge >= 0.3 is 12.1 Å². The van der Waals surface area contributed by atoms with Crippen molar-refractivity contribution in [1.82, 2.24) is 4.90 Å². The third kappa shape index (κ3) is 6.12. The summed E-state index contributed by atoms with van der Waals surface area (Å²) in [6.45, 7) is 2.06. The molecule has 2 aliphatic rings. The van der Waals surface area contributed by atoms with Gasteiger partial charge in [0.1, 0.15) is 17.2 Å². The standard InChI is InChI=1S/C29H29F3N2O4S/c1-37-28(36)21-8-5-12-33(16-21)17-26(35)34-13-11-20-14-22(9-10-25(20)34)38-18-23-15-24(19-6-3-2-4-7-19)27(39-23)29(30,31)32/h2-4,6-7,9-10,14-15,21H,5,8,11-13,16-18H2,1H3/t21-/m1/s1. The predicted molar refractivity (Wildman–Crippen MR) is 143 cm³/mol. The van der Waals surface area contributed by atoms with Crippen molar-refractivity contribution in [3.05, 3.63) is 69.9 Å². The molecule has 0 radical (unpaired) electrons. The van der Waals surface area contributed by atoms with E-state index >= 15 is 0 Å². The summed E-state index contributed by atoms with van der Waals surface area (Å²) >= 11 is 0.694. The number of methoxy groups -OCH3 is 1. The third-order valence-electron chi connectivity index (χ3n) is 7.15. The molecule has 0 N–H and O–H groups in total. The molecule has 206 valence electrons. The van der Waals surface area contributed by atoms with E-state index in [1.807, 2.05) is 17.0 Å². The average molecular weight is 559 g/mol. The van der Waals surface area contributed by atoms with Crippen LogP contribution in [0.1, 0.15) is 28.2 Å². The summed E-state index contributed by atoms with van der Waals surface area (Å²) in [6.07, 6.45) is -2.18. The summed E-state index contributed by atoms with van der Waals surface area (Å²) in [6, 6.07) is 15.5. The van der Waals surface area contributed by atoms with Gasteiger partial charge < -0.3 is 14.4 Å². The minimum atomic E-state index is -4.45. The number of piperidine rings is 1. The second kappa shape index (κ2) is 11.4. The van der Waals surface area contributed by atoms with E-state index in [2.05, 4.69) is 0 Å². The summed E-state index contributed by atoms with van der Waals surface area (Å²) in [7, 11) is 1.38. The maximum absolute atomic E-state index is 13.7. The molecule has 1 amide bonds. The molecule has 1 fully saturated rings. The van der Waals surface area contributed by atoms with Gasteiger partial charge in [0.25, 0.3) is 0 Å². The topological polar surface area (TPSA) is 59.1 Å². The Morgan fingerprint density at radius 3 is 2.62 bits per heavy atom. The monoisotopic (exact) mass is 558 g/mol. The highest BCUT2D eigenvalue weighted by molar-refractivity contribution is 7.12. The first-order valence-corrected chi connectivity index (χ1v) is 13.7. The minimum Gasteiger partial charge on any atom is -0.488 e. The van der Waals surface area contributed by atoms with Crippen LogP contribution in [0.4, 0.5) is 18.9 Å². The van der Waals surface area contributed by atoms with Crippen LogP contribution in [-0.2, 0) is 33.5 Å². The van der Waals surface area contributed by atoms with Gasteiger partial charge in [0, 0.05) is 29.2 Å². The maximum atomic E-state index is 13.7. The number of likely N-dealkylation sites (tertiary alicyclic amines) is 1. The van der Waals surface area contributed by atoms with E-state index in [1.165, 1.54) is 7.11 Å². The predicted octanol–water partition coefficient (Wildman–Crippen LogP) is 5.79. The molecule has 3 aromatic rings. The molecule has 0 bridgehead atoms. The van der Waals surface area contributed by atoms with E-state index in [0.29, 0.717) is 47.0 Å². The van der Waals surface area contributed by atoms with Gasteiger partial charge in [0.05, 0.1) is 19.6 Å². The Morgan fingerprint density at radius 2 is 1.87 bits per heavy atom. The van der Waals surface area contributed by atoms with Crippen LogP contribution >= 0.6 is 11.3 Å². The van der Waals surface area contributed by atoms with E-state index in [9.17, 15) is 22.8 Å². The van der Waals surface area contributed by atoms with Gasteiger partial charge in [0.2, 0.25) is 5.91 Å². The number of anilines is 1. The van der Waals surface area contributed by atoms with E-state index < -0.39 is 11.1 Å². The maximum Gasteiger partial charge on any atom is 0.426 e. The van der Waals surface area contributed by atoms with Gasteiger partial charge in [-0.25, -0.2) is 0 Å². The average Bonchev–Trinajstić information content (AvgIpc) is 3.57. The highest BCUT2D eigenvalue weighted by Crippen LogP contribution is 2.43. The van der Waals surface area contributed by atoms with Crippen molar-refractivity contribution in [3.63, 3.8) is 0 Å². The van der Waals surface area contributed by atoms with Crippen molar-refractivity contribution in [2.75, 3.05) is 38.2 Å². The molecule has 0 aliphatic carbocycles. The molecule has 10 heteroatoms. The molecule has 6 nitrogen and oxygen atoms in total. The smallest absolute Gasteiger partial charge is 0.426 e. The second-order valence-electron chi connectivity index (χ2n) is 9.79. The fraction of sp³-hybridized carbons (Fsp3) is 0.379. The van der Waals surface area contributed by atoms with Crippen molar-refractivity contribution >= 4 is 28.9 Å². The first-order chi connectivity index (χ1) is 18.7. The van der Waals surface area contributed by atoms with Gasteiger partial charge in [-0.2, -0.15) is 13.2 Å². The number of rotatable bonds is 7. The number of esters is 1. The SMILES string of the molecule is COC(=O)[C@@H]1CCCN(CC(=O)N2CCc3cc(OCc4cc(-c5ccccc5)c(C(F)(F)F)s4)ccc32)C1. The zero-order chi connectivity index (χ0) is 27.6. The quantitative estimate of drug-likeness (QED) is 0.344. The molecule has 1 saturated heterocycles. The molecule has 5 rings (SSSR count). The van der Waals surface area contributed by atoms with Crippen LogP contribution in [0.15, 0.2) is 54.6 Å². The molecule has 3 heterocycles. The summed E-state index contributed by atoms with van der Waals surface area (Å²) in [5.74, 6) is 0.0731. The lowest BCUT2D eigenvalue weighted by atomic mass is 9.98. The molecule has 0 unspecified atom stereocenters. The van der Waals surface area contributed by atoms with E-state index in [1.54, 1.807) is 47.4 Å². The lowest BCUT2D eigenvalue weighted by Gasteiger charge is -2.32. The van der Waals surface area contributed by atoms with Crippen molar-refractivity contribution in [3.8, 4) is 16.9 Å². The molecule has 2 aliphatic heterocycles. The Hall–Kier alpha value is -3.37. The molecule has 0 saturated carbocycles. The molecule has 39 heavy (non-hydrogen) atoms. The summed E-state index contributed by atoms with van der Waals surface area (Å²) in [4.78, 5) is 28.6. The largest absolute Gasteiger partial charge is 0.488 e. The minimum absolute atomic E-state index is 0.0122. The fourth-order valence-electron chi connectivity index (χ4n) is 5.27. The number of hydrogen-bond acceptors (Lipinski definition) is 6. The number of nitrogens with zero attached hydrogens (tertiary/aromatic N) is 2. The van der Waals surface area contributed by atoms with E-state index in [4.69, 9.17) is 9.47 Å². The highest BCUT2D eigenvalue weighted by atomic mass is 32.1. The van der Waals surface area contributed by atoms with Crippen LogP contribution in [-0.4, -0.2) is 50.1 Å². The Morgan fingerprint density at radius 1 is 1.08 bits per heavy atom. The van der Waals surface area contributed by atoms with Gasteiger partial charge in [-0.1, -0.05) is 30.3 Å². The van der Waals surface area contributed by atoms with Gasteiger partial charge in [0.15, 0.2) is 0 Å². The molecule has 2 aromatic carbocycles. The Kier molecular flexibility index (Phi) is 7.95. The number of hydrogen-bond donors (Lipinski definition) is 0. The first-order valence-electron chi connectivity index (χ1n) is 12.8. The van der Waals surface area contributed by atoms with Gasteiger partial charge in [-0.3, -0.25) is 14.5 Å².